The van der Waals surface area contributed by atoms with Crippen LogP contribution in [0.2, 0.25) is 0 Å². The first-order valence-electron chi connectivity index (χ1n) is 12.4. The van der Waals surface area contributed by atoms with Gasteiger partial charge >= 0.3 is 0 Å². The molecule has 0 bridgehead atoms. The standard InChI is InChI=1S/C30H35NO.ClH/c1-3-7-26(8-4-1)27-12-10-25(11-13-27)23-32-30-16-15-28-21-24(9-14-29(28)22-30)17-20-31-18-5-2-6-19-31;/h1,3-4,7-8,10-13,15-16,22,24H,2,5-6,9,14,17-21,23H2;1H. The van der Waals surface area contributed by atoms with Gasteiger partial charge in [-0.1, -0.05) is 67.1 Å². The Morgan fingerprint density at radius 3 is 2.33 bits per heavy atom. The molecule has 0 saturated carbocycles. The molecule has 1 aliphatic heterocycles. The highest BCUT2D eigenvalue weighted by Gasteiger charge is 2.20. The second-order valence-electron chi connectivity index (χ2n) is 9.58. The predicted molar refractivity (Wildman–Crippen MR) is 140 cm³/mol. The van der Waals surface area contributed by atoms with Gasteiger partial charge in [-0.2, -0.15) is 0 Å². The number of ether oxygens (including phenoxy) is 1. The Morgan fingerprint density at radius 2 is 1.55 bits per heavy atom. The zero-order valence-electron chi connectivity index (χ0n) is 19.5. The SMILES string of the molecule is Cl.c1ccc(-c2ccc(COc3ccc4c(c3)CCC(CCN3CCCCC3)C4)cc2)cc1. The summed E-state index contributed by atoms with van der Waals surface area (Å²) in [7, 11) is 0. The topological polar surface area (TPSA) is 12.5 Å². The first-order chi connectivity index (χ1) is 15.8. The summed E-state index contributed by atoms with van der Waals surface area (Å²) in [5.41, 5.74) is 6.75. The number of rotatable bonds is 7. The van der Waals surface area contributed by atoms with E-state index in [4.69, 9.17) is 4.74 Å². The Labute approximate surface area is 205 Å². The Bertz CT molecular complexity index is 996. The molecule has 1 fully saturated rings. The van der Waals surface area contributed by atoms with Crippen molar-refractivity contribution in [1.82, 2.24) is 4.90 Å². The van der Waals surface area contributed by atoms with Gasteiger partial charge in [-0.15, -0.1) is 12.4 Å². The van der Waals surface area contributed by atoms with Crippen molar-refractivity contribution in [1.29, 1.82) is 0 Å². The van der Waals surface area contributed by atoms with Gasteiger partial charge in [-0.3, -0.25) is 0 Å². The Balaban J connectivity index is 0.00000259. The van der Waals surface area contributed by atoms with Crippen LogP contribution in [0.1, 0.15) is 48.8 Å². The molecule has 3 heteroatoms. The number of likely N-dealkylation sites (tertiary alicyclic amines) is 1. The number of benzene rings is 3. The molecule has 2 aliphatic rings. The average Bonchev–Trinajstić information content (AvgIpc) is 2.87. The van der Waals surface area contributed by atoms with Crippen LogP contribution in [0.25, 0.3) is 11.1 Å². The smallest absolute Gasteiger partial charge is 0.120 e. The van der Waals surface area contributed by atoms with Crippen LogP contribution in [0.4, 0.5) is 0 Å². The van der Waals surface area contributed by atoms with Crippen LogP contribution in [0.15, 0.2) is 72.8 Å². The Hall–Kier alpha value is -2.29. The molecule has 1 unspecified atom stereocenters. The van der Waals surface area contributed by atoms with E-state index in [0.717, 1.165) is 11.7 Å². The number of hydrogen-bond acceptors (Lipinski definition) is 2. The van der Waals surface area contributed by atoms with Crippen LogP contribution in [0.3, 0.4) is 0 Å². The summed E-state index contributed by atoms with van der Waals surface area (Å²) in [5, 5.41) is 0. The van der Waals surface area contributed by atoms with E-state index in [1.54, 1.807) is 5.56 Å². The molecule has 0 spiro atoms. The number of nitrogens with zero attached hydrogens (tertiary/aromatic N) is 1. The minimum atomic E-state index is 0. The van der Waals surface area contributed by atoms with Gasteiger partial charge in [-0.25, -0.2) is 0 Å². The van der Waals surface area contributed by atoms with E-state index < -0.39 is 0 Å². The first-order valence-corrected chi connectivity index (χ1v) is 12.4. The van der Waals surface area contributed by atoms with E-state index in [0.29, 0.717) is 6.61 Å². The van der Waals surface area contributed by atoms with Crippen molar-refractivity contribution in [2.24, 2.45) is 5.92 Å². The van der Waals surface area contributed by atoms with Gasteiger partial charge in [0.15, 0.2) is 0 Å². The molecule has 3 aromatic rings. The van der Waals surface area contributed by atoms with Crippen LogP contribution in [-0.4, -0.2) is 24.5 Å². The van der Waals surface area contributed by atoms with Gasteiger partial charge in [-0.05, 0) is 104 Å². The van der Waals surface area contributed by atoms with E-state index in [9.17, 15) is 0 Å². The van der Waals surface area contributed by atoms with Crippen molar-refractivity contribution in [3.05, 3.63) is 89.5 Å². The van der Waals surface area contributed by atoms with Crippen molar-refractivity contribution in [3.8, 4) is 16.9 Å². The van der Waals surface area contributed by atoms with Crippen LogP contribution >= 0.6 is 12.4 Å². The van der Waals surface area contributed by atoms with Crippen LogP contribution < -0.4 is 4.74 Å². The highest BCUT2D eigenvalue weighted by Crippen LogP contribution is 2.31. The maximum absolute atomic E-state index is 6.15. The molecule has 33 heavy (non-hydrogen) atoms. The molecule has 5 rings (SSSR count). The average molecular weight is 462 g/mol. The molecular formula is C30H36ClNO. The molecule has 3 aromatic carbocycles. The molecule has 1 atom stereocenters. The van der Waals surface area contributed by atoms with Gasteiger partial charge in [0.2, 0.25) is 0 Å². The number of aryl methyl sites for hydroxylation is 1. The Morgan fingerprint density at radius 1 is 0.788 bits per heavy atom. The highest BCUT2D eigenvalue weighted by atomic mass is 35.5. The first kappa shape index (κ1) is 23.9. The zero-order valence-corrected chi connectivity index (χ0v) is 20.4. The predicted octanol–water partition coefficient (Wildman–Crippen LogP) is 7.34. The molecule has 0 N–H and O–H groups in total. The van der Waals surface area contributed by atoms with E-state index in [2.05, 4.69) is 77.7 Å². The van der Waals surface area contributed by atoms with Crippen molar-refractivity contribution >= 4 is 12.4 Å². The third-order valence-corrected chi connectivity index (χ3v) is 7.28. The molecule has 174 valence electrons. The van der Waals surface area contributed by atoms with E-state index in [1.807, 2.05) is 0 Å². The lowest BCUT2D eigenvalue weighted by Gasteiger charge is -2.30. The Kier molecular flexibility index (Phi) is 8.47. The third kappa shape index (κ3) is 6.40. The minimum absolute atomic E-state index is 0. The molecular weight excluding hydrogens is 426 g/mol. The van der Waals surface area contributed by atoms with Gasteiger partial charge < -0.3 is 9.64 Å². The zero-order chi connectivity index (χ0) is 21.6. The minimum Gasteiger partial charge on any atom is -0.489 e. The summed E-state index contributed by atoms with van der Waals surface area (Å²) in [5.74, 6) is 1.85. The summed E-state index contributed by atoms with van der Waals surface area (Å²) < 4.78 is 6.15. The monoisotopic (exact) mass is 461 g/mol. The van der Waals surface area contributed by atoms with E-state index in [-0.39, 0.29) is 12.4 Å². The second-order valence-corrected chi connectivity index (χ2v) is 9.58. The van der Waals surface area contributed by atoms with Crippen molar-refractivity contribution in [3.63, 3.8) is 0 Å². The second kappa shape index (κ2) is 11.7. The number of fused-ring (bicyclic) bond motifs is 1. The van der Waals surface area contributed by atoms with Crippen LogP contribution in [-0.2, 0) is 19.4 Å². The molecule has 2 nitrogen and oxygen atoms in total. The van der Waals surface area contributed by atoms with Crippen LogP contribution in [0, 0.1) is 5.92 Å². The number of hydrogen-bond donors (Lipinski definition) is 0. The lowest BCUT2D eigenvalue weighted by atomic mass is 9.82. The summed E-state index contributed by atoms with van der Waals surface area (Å²) in [6.45, 7) is 4.55. The van der Waals surface area contributed by atoms with Crippen molar-refractivity contribution in [2.75, 3.05) is 19.6 Å². The maximum atomic E-state index is 6.15. The van der Waals surface area contributed by atoms with Gasteiger partial charge in [0.25, 0.3) is 0 Å². The normalized spacial score (nSPS) is 18.2. The lowest BCUT2D eigenvalue weighted by Crippen LogP contribution is -2.32. The fourth-order valence-corrected chi connectivity index (χ4v) is 5.28. The van der Waals surface area contributed by atoms with E-state index in [1.165, 1.54) is 86.8 Å². The molecule has 1 aliphatic carbocycles. The van der Waals surface area contributed by atoms with Crippen molar-refractivity contribution < 1.29 is 4.74 Å². The van der Waals surface area contributed by atoms with Gasteiger partial charge in [0.1, 0.15) is 12.4 Å². The fraction of sp³-hybridized carbons (Fsp3) is 0.400. The van der Waals surface area contributed by atoms with Gasteiger partial charge in [0, 0.05) is 0 Å². The summed E-state index contributed by atoms with van der Waals surface area (Å²) >= 11 is 0. The fourth-order valence-electron chi connectivity index (χ4n) is 5.28. The molecule has 1 saturated heterocycles. The largest absolute Gasteiger partial charge is 0.489 e. The summed E-state index contributed by atoms with van der Waals surface area (Å²) in [6, 6.07) is 26.0. The number of halogens is 1. The molecule has 0 radical (unpaired) electrons. The van der Waals surface area contributed by atoms with Crippen LogP contribution in [0.5, 0.6) is 5.75 Å². The molecule has 0 amide bonds. The lowest BCUT2D eigenvalue weighted by molar-refractivity contribution is 0.209. The van der Waals surface area contributed by atoms with Gasteiger partial charge in [0.05, 0.1) is 0 Å². The highest BCUT2D eigenvalue weighted by molar-refractivity contribution is 5.85. The molecule has 1 heterocycles. The van der Waals surface area contributed by atoms with Crippen molar-refractivity contribution in [2.45, 2.75) is 51.6 Å². The van der Waals surface area contributed by atoms with E-state index >= 15 is 0 Å². The summed E-state index contributed by atoms with van der Waals surface area (Å²) in [6.07, 6.45) is 9.34. The quantitative estimate of drug-likeness (QED) is 0.365. The third-order valence-electron chi connectivity index (χ3n) is 7.28. The maximum Gasteiger partial charge on any atom is 0.120 e. The molecule has 0 aromatic heterocycles. The number of piperidine rings is 1. The summed E-state index contributed by atoms with van der Waals surface area (Å²) in [4.78, 5) is 2.68.